The van der Waals surface area contributed by atoms with Gasteiger partial charge in [0, 0.05) is 48.7 Å². The molecule has 1 heterocycles. The summed E-state index contributed by atoms with van der Waals surface area (Å²) in [7, 11) is 0. The Hall–Kier alpha value is -4.77. The molecule has 4 N–H and O–H groups in total. The SMILES string of the molecule is CCCC(CC(=O)[C@@H]1C[C@@H](OC(C)(C)C)CN1C(=O)[C@@H](NC(=O)Cc1c(F)c(F)c(F)c(F)c1F)C1CCCCC1)C(=O)C(=O)CCC(=O)NC(C(N)=O)c1cccc(Cl)c1. The van der Waals surface area contributed by atoms with E-state index in [0.29, 0.717) is 42.7 Å². The molecule has 2 fully saturated rings. The predicted octanol–water partition coefficient (Wildman–Crippen LogP) is 6.06. The lowest BCUT2D eigenvalue weighted by atomic mass is 9.83. The first-order valence-corrected chi connectivity index (χ1v) is 20.7. The summed E-state index contributed by atoms with van der Waals surface area (Å²) >= 11 is 6.00. The zero-order valence-electron chi connectivity index (χ0n) is 34.5. The third kappa shape index (κ3) is 12.9. The largest absolute Gasteiger partial charge is 0.371 e. The predicted molar refractivity (Wildman–Crippen MR) is 212 cm³/mol. The summed E-state index contributed by atoms with van der Waals surface area (Å²) in [5.74, 6) is -18.8. The third-order valence-electron chi connectivity index (χ3n) is 10.9. The van der Waals surface area contributed by atoms with Crippen LogP contribution in [0.15, 0.2) is 24.3 Å². The molecule has 2 aromatic rings. The minimum absolute atomic E-state index is 0.00740. The number of Topliss-reactive ketones (excluding diaryl/α,β-unsaturated/α-hetero) is 3. The number of halogens is 6. The van der Waals surface area contributed by atoms with Gasteiger partial charge in [-0.15, -0.1) is 0 Å². The highest BCUT2D eigenvalue weighted by Gasteiger charge is 2.46. The quantitative estimate of drug-likeness (QED) is 0.0659. The van der Waals surface area contributed by atoms with Gasteiger partial charge in [0.15, 0.2) is 34.8 Å². The molecule has 2 aromatic carbocycles. The molecular weight excluding hydrogens is 831 g/mol. The van der Waals surface area contributed by atoms with Gasteiger partial charge in [0.05, 0.1) is 24.2 Å². The summed E-state index contributed by atoms with van der Waals surface area (Å²) in [4.78, 5) is 95.0. The van der Waals surface area contributed by atoms with Crippen molar-refractivity contribution in [1.29, 1.82) is 0 Å². The van der Waals surface area contributed by atoms with Crippen LogP contribution in [0, 0.1) is 40.9 Å². The molecule has 2 aliphatic rings. The van der Waals surface area contributed by atoms with Gasteiger partial charge in [0.25, 0.3) is 0 Å². The van der Waals surface area contributed by atoms with Gasteiger partial charge in [0.2, 0.25) is 35.2 Å². The first kappa shape index (κ1) is 48.9. The van der Waals surface area contributed by atoms with E-state index in [2.05, 4.69) is 10.6 Å². The number of amides is 4. The Bertz CT molecular complexity index is 1980. The fourth-order valence-electron chi connectivity index (χ4n) is 8.02. The van der Waals surface area contributed by atoms with Crippen molar-refractivity contribution in [2.24, 2.45) is 17.6 Å². The number of hydrogen-bond donors (Lipinski definition) is 3. The Kier molecular flexibility index (Phi) is 17.1. The topological polar surface area (TPSA) is 182 Å². The summed E-state index contributed by atoms with van der Waals surface area (Å²) in [6.07, 6.45) is 0.128. The number of benzene rings is 2. The monoisotopic (exact) mass is 882 g/mol. The molecule has 0 radical (unpaired) electrons. The van der Waals surface area contributed by atoms with E-state index >= 15 is 0 Å². The number of ether oxygens (including phenoxy) is 1. The van der Waals surface area contributed by atoms with Gasteiger partial charge < -0.3 is 26.0 Å². The molecule has 1 saturated carbocycles. The van der Waals surface area contributed by atoms with Crippen LogP contribution in [0.2, 0.25) is 5.02 Å². The molecule has 5 atom stereocenters. The van der Waals surface area contributed by atoms with Crippen molar-refractivity contribution in [3.05, 3.63) is 69.5 Å². The molecule has 334 valence electrons. The molecular formula is C43H52ClF5N4O8. The third-order valence-corrected chi connectivity index (χ3v) is 11.1. The summed E-state index contributed by atoms with van der Waals surface area (Å²) in [5.41, 5.74) is 3.69. The fourth-order valence-corrected chi connectivity index (χ4v) is 8.22. The van der Waals surface area contributed by atoms with Gasteiger partial charge in [-0.3, -0.25) is 33.6 Å². The van der Waals surface area contributed by atoms with E-state index in [-0.39, 0.29) is 19.4 Å². The highest BCUT2D eigenvalue weighted by molar-refractivity contribution is 6.38. The standard InChI is InChI=1S/C43H52ClF5N4O8/c1-5-10-24(40(58)29(54)15-16-31(56)51-38(41(50)59)23-13-9-14-25(44)17-23)18-30(55)28-19-26(61-43(2,3)4)21-53(28)42(60)39(22-11-7-6-8-12-22)52-32(57)20-27-33(45)35(47)37(49)36(48)34(27)46/h9,13-14,17,22,24,26,28,38-39H,5-8,10-12,15-16,18-21H2,1-4H3,(H2,50,59)(H,51,56)(H,52,57)/t24?,26-,28+,38?,39+/m1/s1. The second-order valence-electron chi connectivity index (χ2n) is 16.7. The van der Waals surface area contributed by atoms with Crippen LogP contribution in [0.25, 0.3) is 0 Å². The summed E-state index contributed by atoms with van der Waals surface area (Å²) in [5, 5.41) is 5.20. The van der Waals surface area contributed by atoms with Crippen LogP contribution in [0.4, 0.5) is 22.0 Å². The van der Waals surface area contributed by atoms with Crippen molar-refractivity contribution < 1.29 is 60.3 Å². The number of rotatable bonds is 19. The fraction of sp³-hybridized carbons (Fsp3) is 0.558. The van der Waals surface area contributed by atoms with Gasteiger partial charge in [0.1, 0.15) is 12.1 Å². The number of hydrogen-bond acceptors (Lipinski definition) is 8. The molecule has 61 heavy (non-hydrogen) atoms. The molecule has 0 aromatic heterocycles. The number of nitrogens with one attached hydrogen (secondary N) is 2. The van der Waals surface area contributed by atoms with Gasteiger partial charge in [-0.2, -0.15) is 0 Å². The molecule has 12 nitrogen and oxygen atoms in total. The van der Waals surface area contributed by atoms with E-state index in [1.54, 1.807) is 39.8 Å². The first-order chi connectivity index (χ1) is 28.6. The summed E-state index contributed by atoms with van der Waals surface area (Å²) in [6.45, 7) is 6.93. The maximum Gasteiger partial charge on any atom is 0.246 e. The Morgan fingerprint density at radius 3 is 2.08 bits per heavy atom. The number of carbonyl (C=O) groups excluding carboxylic acids is 7. The average Bonchev–Trinajstić information content (AvgIpc) is 3.63. The van der Waals surface area contributed by atoms with Crippen molar-refractivity contribution in [3.8, 4) is 0 Å². The Balaban J connectivity index is 1.53. The number of likely N-dealkylation sites (tertiary alicyclic amines) is 1. The average molecular weight is 883 g/mol. The van der Waals surface area contributed by atoms with Gasteiger partial charge in [-0.25, -0.2) is 22.0 Å². The number of carbonyl (C=O) groups is 7. The van der Waals surface area contributed by atoms with Crippen LogP contribution in [0.3, 0.4) is 0 Å². The molecule has 18 heteroatoms. The van der Waals surface area contributed by atoms with E-state index in [1.165, 1.54) is 17.0 Å². The second kappa shape index (κ2) is 21.3. The molecule has 1 aliphatic carbocycles. The zero-order valence-corrected chi connectivity index (χ0v) is 35.3. The number of primary amides is 1. The molecule has 2 unspecified atom stereocenters. The van der Waals surface area contributed by atoms with E-state index in [9.17, 15) is 55.5 Å². The van der Waals surface area contributed by atoms with E-state index in [1.807, 2.05) is 0 Å². The van der Waals surface area contributed by atoms with Crippen LogP contribution in [0.5, 0.6) is 0 Å². The first-order valence-electron chi connectivity index (χ1n) is 20.3. The highest BCUT2D eigenvalue weighted by atomic mass is 35.5. The lowest BCUT2D eigenvalue weighted by molar-refractivity contribution is -0.144. The highest BCUT2D eigenvalue weighted by Crippen LogP contribution is 2.33. The molecule has 0 bridgehead atoms. The van der Waals surface area contributed by atoms with Crippen molar-refractivity contribution in [2.75, 3.05) is 6.54 Å². The number of nitrogens with zero attached hydrogens (tertiary/aromatic N) is 1. The Morgan fingerprint density at radius 1 is 0.885 bits per heavy atom. The lowest BCUT2D eigenvalue weighted by Crippen LogP contribution is -2.55. The molecule has 0 spiro atoms. The zero-order chi connectivity index (χ0) is 45.3. The minimum atomic E-state index is -2.38. The van der Waals surface area contributed by atoms with Gasteiger partial charge in [-0.05, 0) is 63.6 Å². The second-order valence-corrected chi connectivity index (χ2v) is 17.1. The van der Waals surface area contributed by atoms with Crippen molar-refractivity contribution in [2.45, 2.75) is 135 Å². The Labute approximate surface area is 355 Å². The molecule has 1 aliphatic heterocycles. The molecule has 1 saturated heterocycles. The van der Waals surface area contributed by atoms with Crippen molar-refractivity contribution in [3.63, 3.8) is 0 Å². The van der Waals surface area contributed by atoms with Gasteiger partial charge in [-0.1, -0.05) is 56.3 Å². The number of nitrogens with two attached hydrogens (primary N) is 1. The van der Waals surface area contributed by atoms with Crippen LogP contribution in [0.1, 0.15) is 115 Å². The van der Waals surface area contributed by atoms with E-state index < -0.39 is 143 Å². The smallest absolute Gasteiger partial charge is 0.246 e. The Morgan fingerprint density at radius 2 is 1.51 bits per heavy atom. The normalized spacial score (nSPS) is 18.6. The molecule has 4 rings (SSSR count). The molecule has 4 amide bonds. The van der Waals surface area contributed by atoms with Crippen molar-refractivity contribution in [1.82, 2.24) is 15.5 Å². The lowest BCUT2D eigenvalue weighted by Gasteiger charge is -2.35. The van der Waals surface area contributed by atoms with Crippen LogP contribution >= 0.6 is 11.6 Å². The van der Waals surface area contributed by atoms with E-state index in [0.717, 1.165) is 6.42 Å². The summed E-state index contributed by atoms with van der Waals surface area (Å²) < 4.78 is 76.9. The van der Waals surface area contributed by atoms with Gasteiger partial charge >= 0.3 is 0 Å². The maximum absolute atomic E-state index is 14.6. The number of ketones is 3. The van der Waals surface area contributed by atoms with Crippen LogP contribution in [-0.2, 0) is 44.7 Å². The maximum atomic E-state index is 14.6. The minimum Gasteiger partial charge on any atom is -0.371 e. The van der Waals surface area contributed by atoms with Crippen LogP contribution < -0.4 is 16.4 Å². The summed E-state index contributed by atoms with van der Waals surface area (Å²) in [6, 6.07) is 2.28. The van der Waals surface area contributed by atoms with E-state index in [4.69, 9.17) is 22.1 Å². The van der Waals surface area contributed by atoms with Crippen molar-refractivity contribution >= 4 is 52.6 Å². The van der Waals surface area contributed by atoms with Crippen LogP contribution in [-0.4, -0.2) is 76.2 Å².